The van der Waals surface area contributed by atoms with Crippen LogP contribution in [-0.4, -0.2) is 39.8 Å². The van der Waals surface area contributed by atoms with Crippen molar-refractivity contribution < 1.29 is 22.7 Å². The molecule has 1 N–H and O–H groups in total. The second-order valence-electron chi connectivity index (χ2n) is 6.58. The van der Waals surface area contributed by atoms with E-state index >= 15 is 0 Å². The summed E-state index contributed by atoms with van der Waals surface area (Å²) < 4.78 is 35.6. The molecule has 2 aromatic carbocycles. The number of hydrogen-bond donors (Lipinski definition) is 1. The Morgan fingerprint density at radius 3 is 2.61 bits per heavy atom. The van der Waals surface area contributed by atoms with Crippen LogP contribution >= 0.6 is 11.6 Å². The highest BCUT2D eigenvalue weighted by Gasteiger charge is 2.18. The molecule has 0 saturated carbocycles. The van der Waals surface area contributed by atoms with Crippen LogP contribution in [0.25, 0.3) is 0 Å². The van der Waals surface area contributed by atoms with E-state index < -0.39 is 9.84 Å². The molecule has 0 aromatic heterocycles. The molecule has 1 aliphatic rings. The van der Waals surface area contributed by atoms with E-state index in [0.29, 0.717) is 42.7 Å². The van der Waals surface area contributed by atoms with Crippen molar-refractivity contribution in [3.05, 3.63) is 52.5 Å². The maximum absolute atomic E-state index is 12.3. The van der Waals surface area contributed by atoms with E-state index in [2.05, 4.69) is 5.32 Å². The Morgan fingerprint density at radius 2 is 1.86 bits per heavy atom. The summed E-state index contributed by atoms with van der Waals surface area (Å²) in [6, 6.07) is 10.2. The molecule has 0 radical (unpaired) electrons. The lowest BCUT2D eigenvalue weighted by molar-refractivity contribution is -0.120. The van der Waals surface area contributed by atoms with Gasteiger partial charge >= 0.3 is 0 Å². The number of rotatable bonds is 7. The summed E-state index contributed by atoms with van der Waals surface area (Å²) in [7, 11) is -3.47. The first-order valence-corrected chi connectivity index (χ1v) is 11.0. The maximum Gasteiger partial charge on any atom is 0.221 e. The highest BCUT2D eigenvalue weighted by atomic mass is 35.5. The van der Waals surface area contributed by atoms with Gasteiger partial charge in [0.1, 0.15) is 13.2 Å². The highest BCUT2D eigenvalue weighted by Crippen LogP contribution is 2.38. The predicted molar refractivity (Wildman–Crippen MR) is 107 cm³/mol. The van der Waals surface area contributed by atoms with Crippen LogP contribution in [0.15, 0.2) is 41.3 Å². The minimum absolute atomic E-state index is 0.0852. The van der Waals surface area contributed by atoms with Gasteiger partial charge in [-0.25, -0.2) is 8.42 Å². The molecule has 2 aromatic rings. The average Bonchev–Trinajstić information content (AvgIpc) is 2.67. The fourth-order valence-corrected chi connectivity index (χ4v) is 4.36. The van der Waals surface area contributed by atoms with Crippen molar-refractivity contribution in [2.75, 3.05) is 25.5 Å². The molecule has 0 atom stereocenters. The number of aryl methyl sites for hydroxylation is 1. The van der Waals surface area contributed by atoms with Crippen molar-refractivity contribution in [1.29, 1.82) is 0 Å². The molecule has 0 fully saturated rings. The Hall–Kier alpha value is -2.25. The largest absolute Gasteiger partial charge is 0.486 e. The number of amides is 1. The summed E-state index contributed by atoms with van der Waals surface area (Å²) in [5.41, 5.74) is 1.89. The summed E-state index contributed by atoms with van der Waals surface area (Å²) in [6.07, 6.45) is 0.463. The molecule has 3 rings (SSSR count). The fourth-order valence-electron chi connectivity index (χ4n) is 2.83. The molecule has 0 spiro atoms. The van der Waals surface area contributed by atoms with Crippen LogP contribution in [0.4, 0.5) is 0 Å². The lowest BCUT2D eigenvalue weighted by atomic mass is 10.1. The number of nitrogens with one attached hydrogen (secondary N) is 1. The van der Waals surface area contributed by atoms with Crippen LogP contribution in [0.2, 0.25) is 5.02 Å². The van der Waals surface area contributed by atoms with E-state index in [4.69, 9.17) is 21.1 Å². The van der Waals surface area contributed by atoms with Crippen molar-refractivity contribution in [1.82, 2.24) is 5.32 Å². The number of hydrogen-bond acceptors (Lipinski definition) is 5. The Kier molecular flexibility index (Phi) is 6.46. The molecule has 0 aliphatic carbocycles. The van der Waals surface area contributed by atoms with Crippen LogP contribution < -0.4 is 14.8 Å². The summed E-state index contributed by atoms with van der Waals surface area (Å²) in [5.74, 6) is 0.614. The molecule has 0 bridgehead atoms. The number of halogens is 1. The minimum Gasteiger partial charge on any atom is -0.486 e. The molecule has 8 heteroatoms. The quantitative estimate of drug-likeness (QED) is 0.740. The van der Waals surface area contributed by atoms with E-state index in [0.717, 1.165) is 11.1 Å². The molecule has 0 unspecified atom stereocenters. The van der Waals surface area contributed by atoms with E-state index in [1.165, 1.54) is 0 Å². The Labute approximate surface area is 169 Å². The Balaban J connectivity index is 1.48. The number of sulfone groups is 1. The van der Waals surface area contributed by atoms with Crippen LogP contribution in [0.5, 0.6) is 11.5 Å². The monoisotopic (exact) mass is 423 g/mol. The van der Waals surface area contributed by atoms with Gasteiger partial charge in [0.25, 0.3) is 0 Å². The minimum atomic E-state index is -3.47. The Morgan fingerprint density at radius 1 is 1.14 bits per heavy atom. The van der Waals surface area contributed by atoms with Crippen molar-refractivity contribution in [3.63, 3.8) is 0 Å². The van der Waals surface area contributed by atoms with Crippen molar-refractivity contribution >= 4 is 27.3 Å². The third-order valence-electron chi connectivity index (χ3n) is 4.37. The van der Waals surface area contributed by atoms with Gasteiger partial charge in [-0.15, -0.1) is 0 Å². The van der Waals surface area contributed by atoms with E-state index in [1.54, 1.807) is 30.3 Å². The molecule has 1 heterocycles. The number of carbonyl (C=O) groups excluding carboxylic acids is 1. The lowest BCUT2D eigenvalue weighted by Crippen LogP contribution is -2.27. The topological polar surface area (TPSA) is 81.7 Å². The van der Waals surface area contributed by atoms with Gasteiger partial charge in [-0.2, -0.15) is 0 Å². The maximum atomic E-state index is 12.3. The molecule has 150 valence electrons. The number of carbonyl (C=O) groups is 1. The third-order valence-corrected chi connectivity index (χ3v) is 6.38. The van der Waals surface area contributed by atoms with Gasteiger partial charge in [0, 0.05) is 13.0 Å². The number of benzene rings is 2. The second kappa shape index (κ2) is 8.84. The summed E-state index contributed by atoms with van der Waals surface area (Å²) in [6.45, 7) is 3.20. The number of ether oxygens (including phenoxy) is 2. The van der Waals surface area contributed by atoms with Crippen molar-refractivity contribution in [3.8, 4) is 11.5 Å². The zero-order chi connectivity index (χ0) is 20.1. The first-order valence-electron chi connectivity index (χ1n) is 8.99. The fraction of sp³-hybridized carbons (Fsp3) is 0.350. The first-order chi connectivity index (χ1) is 13.3. The van der Waals surface area contributed by atoms with Crippen LogP contribution in [0.3, 0.4) is 0 Å². The van der Waals surface area contributed by atoms with Crippen molar-refractivity contribution in [2.45, 2.75) is 24.7 Å². The molecule has 28 heavy (non-hydrogen) atoms. The van der Waals surface area contributed by atoms with Crippen LogP contribution in [-0.2, 0) is 21.1 Å². The third kappa shape index (κ3) is 5.17. The van der Waals surface area contributed by atoms with Gasteiger partial charge in [0.05, 0.1) is 15.7 Å². The van der Waals surface area contributed by atoms with Gasteiger partial charge in [0.2, 0.25) is 5.91 Å². The Bertz CT molecular complexity index is 957. The van der Waals surface area contributed by atoms with Gasteiger partial charge in [-0.1, -0.05) is 29.3 Å². The summed E-state index contributed by atoms with van der Waals surface area (Å²) >= 11 is 6.20. The van der Waals surface area contributed by atoms with E-state index in [9.17, 15) is 13.2 Å². The van der Waals surface area contributed by atoms with Gasteiger partial charge < -0.3 is 14.8 Å². The van der Waals surface area contributed by atoms with E-state index in [-0.39, 0.29) is 23.0 Å². The standard InChI is InChI=1S/C20H22ClNO5S/c1-14-2-4-16(5-3-14)28(24,25)11-7-19(23)22-8-6-15-12-17(21)20-18(13-15)26-9-10-27-20/h2-5,12-13H,6-11H2,1H3,(H,22,23). The molecule has 0 saturated heterocycles. The SMILES string of the molecule is Cc1ccc(S(=O)(=O)CCC(=O)NCCc2cc(Cl)c3c(c2)OCCO3)cc1. The normalized spacial score (nSPS) is 13.2. The number of fused-ring (bicyclic) bond motifs is 1. The molecule has 1 amide bonds. The zero-order valence-corrected chi connectivity index (χ0v) is 17.1. The van der Waals surface area contributed by atoms with E-state index in [1.807, 2.05) is 13.0 Å². The zero-order valence-electron chi connectivity index (χ0n) is 15.5. The predicted octanol–water partition coefficient (Wildman–Crippen LogP) is 2.94. The molecule has 1 aliphatic heterocycles. The van der Waals surface area contributed by atoms with Crippen LogP contribution in [0.1, 0.15) is 17.5 Å². The highest BCUT2D eigenvalue weighted by molar-refractivity contribution is 7.91. The van der Waals surface area contributed by atoms with Gasteiger partial charge in [-0.3, -0.25) is 4.79 Å². The molecular formula is C20H22ClNO5S. The smallest absolute Gasteiger partial charge is 0.221 e. The summed E-state index contributed by atoms with van der Waals surface area (Å²) in [5, 5.41) is 3.22. The van der Waals surface area contributed by atoms with Gasteiger partial charge in [-0.05, 0) is 43.2 Å². The summed E-state index contributed by atoms with van der Waals surface area (Å²) in [4.78, 5) is 12.3. The average molecular weight is 424 g/mol. The van der Waals surface area contributed by atoms with Crippen LogP contribution in [0, 0.1) is 6.92 Å². The molecule has 6 nitrogen and oxygen atoms in total. The second-order valence-corrected chi connectivity index (χ2v) is 9.10. The first kappa shape index (κ1) is 20.5. The lowest BCUT2D eigenvalue weighted by Gasteiger charge is -2.20. The van der Waals surface area contributed by atoms with Gasteiger partial charge in [0.15, 0.2) is 21.3 Å². The van der Waals surface area contributed by atoms with Crippen molar-refractivity contribution in [2.24, 2.45) is 0 Å². The molecular weight excluding hydrogens is 402 g/mol.